The summed E-state index contributed by atoms with van der Waals surface area (Å²) in [6.45, 7) is 4.16. The fourth-order valence-electron chi connectivity index (χ4n) is 5.33. The minimum absolute atomic E-state index is 0.289. The van der Waals surface area contributed by atoms with Gasteiger partial charge in [-0.1, -0.05) is 42.6 Å². The topological polar surface area (TPSA) is 104 Å². The van der Waals surface area contributed by atoms with Gasteiger partial charge in [0.25, 0.3) is 5.91 Å². The highest BCUT2D eigenvalue weighted by molar-refractivity contribution is 7.80. The molecular formula is C31H32N4O4S. The lowest BCUT2D eigenvalue weighted by atomic mass is 9.90. The molecule has 1 saturated heterocycles. The molecule has 0 spiro atoms. The molecule has 3 aromatic rings. The number of thiocarbonyl (C=S) groups is 1. The van der Waals surface area contributed by atoms with E-state index in [9.17, 15) is 14.8 Å². The number of ether oxygens (including phenoxy) is 1. The van der Waals surface area contributed by atoms with E-state index in [0.29, 0.717) is 44.0 Å². The molecule has 0 unspecified atom stereocenters. The van der Waals surface area contributed by atoms with Crippen LogP contribution in [0.4, 0.5) is 0 Å². The first-order chi connectivity index (χ1) is 19.4. The minimum Gasteiger partial charge on any atom is -0.489 e. The third kappa shape index (κ3) is 6.62. The molecule has 40 heavy (non-hydrogen) atoms. The van der Waals surface area contributed by atoms with Crippen LogP contribution in [0.1, 0.15) is 34.5 Å². The number of fused-ring (bicyclic) bond motifs is 1. The number of aryl methyl sites for hydroxylation is 1. The van der Waals surface area contributed by atoms with Crippen LogP contribution in [-0.2, 0) is 11.4 Å². The molecular weight excluding hydrogens is 524 g/mol. The maximum Gasteiger partial charge on any atom is 0.251 e. The van der Waals surface area contributed by atoms with Gasteiger partial charge in [-0.05, 0) is 67.9 Å². The molecule has 0 saturated carbocycles. The molecule has 2 amide bonds. The van der Waals surface area contributed by atoms with Gasteiger partial charge in [0.2, 0.25) is 5.91 Å². The number of amides is 2. The Morgan fingerprint density at radius 2 is 1.98 bits per heavy atom. The van der Waals surface area contributed by atoms with Gasteiger partial charge in [0.1, 0.15) is 12.4 Å². The molecule has 0 radical (unpaired) electrons. The van der Waals surface area contributed by atoms with Crippen molar-refractivity contribution in [2.45, 2.75) is 32.4 Å². The summed E-state index contributed by atoms with van der Waals surface area (Å²) in [5, 5.41) is 13.3. The molecule has 2 atom stereocenters. The first-order valence-corrected chi connectivity index (χ1v) is 13.8. The van der Waals surface area contributed by atoms with Crippen molar-refractivity contribution in [3.8, 4) is 5.75 Å². The monoisotopic (exact) mass is 556 g/mol. The Hall–Kier alpha value is -3.92. The van der Waals surface area contributed by atoms with Crippen LogP contribution in [0.3, 0.4) is 0 Å². The van der Waals surface area contributed by atoms with Crippen LogP contribution in [0.5, 0.6) is 5.75 Å². The number of nitrogens with one attached hydrogen (secondary N) is 2. The molecule has 1 aromatic heterocycles. The zero-order chi connectivity index (χ0) is 28.1. The number of nitrogens with zero attached hydrogens (tertiary/aromatic N) is 2. The Labute approximate surface area is 238 Å². The van der Waals surface area contributed by atoms with Crippen molar-refractivity contribution in [2.24, 2.45) is 5.92 Å². The van der Waals surface area contributed by atoms with E-state index >= 15 is 0 Å². The zero-order valence-electron chi connectivity index (χ0n) is 22.3. The standard InChI is InChI=1S/C31H32N4O4S/c1-20-15-23(26-7-2-3-8-28(26)32-20)19-39-24-11-9-22(10-12-24)30(36)33-29-18-35(14-13-27(29)31(37)34-38)17-21-5-4-6-25(40)16-21/h2-5,7-12,15-16,27,29,38H,6,13-14,17-19H2,1H3,(H,33,36)(H,34,37)/t27-,29+/m0/s1. The SMILES string of the molecule is Cc1cc(COc2ccc(C(=O)N[C@@H]3CN(CC4=CC(=S)CC=C4)CC[C@@H]3C(=O)NO)cc2)c2ccccc2n1. The lowest BCUT2D eigenvalue weighted by Gasteiger charge is -2.38. The van der Waals surface area contributed by atoms with Crippen LogP contribution in [-0.4, -0.2) is 57.4 Å². The summed E-state index contributed by atoms with van der Waals surface area (Å²) in [4.78, 5) is 33.2. The smallest absolute Gasteiger partial charge is 0.251 e. The molecule has 2 aliphatic rings. The number of para-hydroxylation sites is 1. The number of likely N-dealkylation sites (tertiary alicyclic amines) is 1. The largest absolute Gasteiger partial charge is 0.489 e. The van der Waals surface area contributed by atoms with E-state index in [4.69, 9.17) is 17.0 Å². The summed E-state index contributed by atoms with van der Waals surface area (Å²) in [5.41, 5.74) is 6.22. The van der Waals surface area contributed by atoms with E-state index in [-0.39, 0.29) is 5.91 Å². The van der Waals surface area contributed by atoms with Gasteiger partial charge in [-0.25, -0.2) is 5.48 Å². The van der Waals surface area contributed by atoms with Gasteiger partial charge in [0.15, 0.2) is 0 Å². The number of hydroxylamine groups is 1. The van der Waals surface area contributed by atoms with Crippen LogP contribution >= 0.6 is 12.2 Å². The van der Waals surface area contributed by atoms with E-state index < -0.39 is 17.9 Å². The molecule has 5 rings (SSSR count). The summed E-state index contributed by atoms with van der Waals surface area (Å²) in [6.07, 6.45) is 7.42. The highest BCUT2D eigenvalue weighted by Crippen LogP contribution is 2.23. The summed E-state index contributed by atoms with van der Waals surface area (Å²) in [6, 6.07) is 16.5. The number of hydrogen-bond acceptors (Lipinski definition) is 7. The number of carbonyl (C=O) groups is 2. The predicted molar refractivity (Wildman–Crippen MR) is 157 cm³/mol. The highest BCUT2D eigenvalue weighted by Gasteiger charge is 2.35. The average molecular weight is 557 g/mol. The van der Waals surface area contributed by atoms with E-state index in [1.807, 2.05) is 43.3 Å². The Morgan fingerprint density at radius 1 is 1.18 bits per heavy atom. The van der Waals surface area contributed by atoms with Crippen LogP contribution < -0.4 is 15.5 Å². The number of pyridine rings is 1. The van der Waals surface area contributed by atoms with Crippen molar-refractivity contribution in [1.29, 1.82) is 0 Å². The molecule has 3 N–H and O–H groups in total. The normalized spacial score (nSPS) is 19.2. The summed E-state index contributed by atoms with van der Waals surface area (Å²) >= 11 is 5.33. The van der Waals surface area contributed by atoms with E-state index in [1.165, 1.54) is 0 Å². The summed E-state index contributed by atoms with van der Waals surface area (Å²) in [7, 11) is 0. The number of allylic oxidation sites excluding steroid dienone is 2. The van der Waals surface area contributed by atoms with Crippen LogP contribution in [0.25, 0.3) is 10.9 Å². The van der Waals surface area contributed by atoms with E-state index in [1.54, 1.807) is 29.7 Å². The van der Waals surface area contributed by atoms with E-state index in [0.717, 1.165) is 39.0 Å². The third-order valence-electron chi connectivity index (χ3n) is 7.30. The Kier molecular flexibility index (Phi) is 8.64. The molecule has 2 heterocycles. The molecule has 8 nitrogen and oxygen atoms in total. The van der Waals surface area contributed by atoms with Gasteiger partial charge in [-0.2, -0.15) is 0 Å². The molecule has 9 heteroatoms. The highest BCUT2D eigenvalue weighted by atomic mass is 32.1. The second-order valence-electron chi connectivity index (χ2n) is 10.2. The number of hydrogen-bond donors (Lipinski definition) is 3. The number of aromatic nitrogens is 1. The van der Waals surface area contributed by atoms with Gasteiger partial charge in [0, 0.05) is 46.6 Å². The van der Waals surface area contributed by atoms with Gasteiger partial charge in [-0.3, -0.25) is 24.7 Å². The number of benzene rings is 2. The van der Waals surface area contributed by atoms with Crippen molar-refractivity contribution in [3.63, 3.8) is 0 Å². The van der Waals surface area contributed by atoms with Crippen LogP contribution in [0, 0.1) is 12.8 Å². The molecule has 1 fully saturated rings. The molecule has 1 aliphatic heterocycles. The first-order valence-electron chi connectivity index (χ1n) is 13.3. The predicted octanol–water partition coefficient (Wildman–Crippen LogP) is 4.30. The van der Waals surface area contributed by atoms with E-state index in [2.05, 4.69) is 27.4 Å². The lowest BCUT2D eigenvalue weighted by Crippen LogP contribution is -2.56. The summed E-state index contributed by atoms with van der Waals surface area (Å²) in [5.74, 6) is -0.681. The Morgan fingerprint density at radius 3 is 2.75 bits per heavy atom. The molecule has 1 aliphatic carbocycles. The van der Waals surface area contributed by atoms with Gasteiger partial charge in [-0.15, -0.1) is 0 Å². The molecule has 206 valence electrons. The Bertz CT molecular complexity index is 1480. The van der Waals surface area contributed by atoms with Crippen molar-refractivity contribution in [2.75, 3.05) is 19.6 Å². The quantitative estimate of drug-likeness (QED) is 0.216. The van der Waals surface area contributed by atoms with Crippen LogP contribution in [0.2, 0.25) is 0 Å². The van der Waals surface area contributed by atoms with Gasteiger partial charge < -0.3 is 10.1 Å². The lowest BCUT2D eigenvalue weighted by molar-refractivity contribution is -0.135. The van der Waals surface area contributed by atoms with Crippen molar-refractivity contribution < 1.29 is 19.5 Å². The van der Waals surface area contributed by atoms with Crippen molar-refractivity contribution in [3.05, 3.63) is 95.2 Å². The average Bonchev–Trinajstić information content (AvgIpc) is 2.96. The van der Waals surface area contributed by atoms with Crippen LogP contribution in [0.15, 0.2) is 78.4 Å². The number of carbonyl (C=O) groups excluding carboxylic acids is 2. The number of piperidine rings is 1. The second kappa shape index (κ2) is 12.5. The summed E-state index contributed by atoms with van der Waals surface area (Å²) < 4.78 is 6.03. The molecule has 2 aromatic carbocycles. The Balaban J connectivity index is 1.23. The zero-order valence-corrected chi connectivity index (χ0v) is 23.1. The van der Waals surface area contributed by atoms with Gasteiger partial charge >= 0.3 is 0 Å². The molecule has 0 bridgehead atoms. The third-order valence-corrected chi connectivity index (χ3v) is 7.59. The van der Waals surface area contributed by atoms with Crippen molar-refractivity contribution >= 4 is 39.8 Å². The minimum atomic E-state index is -0.539. The fourth-order valence-corrected chi connectivity index (χ4v) is 5.58. The number of rotatable bonds is 8. The fraction of sp³-hybridized carbons (Fsp3) is 0.290. The maximum atomic E-state index is 13.2. The maximum absolute atomic E-state index is 13.2. The van der Waals surface area contributed by atoms with Gasteiger partial charge in [0.05, 0.1) is 17.5 Å². The second-order valence-corrected chi connectivity index (χ2v) is 10.8. The van der Waals surface area contributed by atoms with Crippen molar-refractivity contribution in [1.82, 2.24) is 20.7 Å². The first kappa shape index (κ1) is 27.6.